The van der Waals surface area contributed by atoms with E-state index in [4.69, 9.17) is 16.3 Å². The number of amides is 1. The van der Waals surface area contributed by atoms with E-state index in [1.54, 1.807) is 0 Å². The van der Waals surface area contributed by atoms with Crippen molar-refractivity contribution in [2.45, 2.75) is 18.3 Å². The summed E-state index contributed by atoms with van der Waals surface area (Å²) in [5.41, 5.74) is 1.67. The molecule has 0 saturated carbocycles. The molecule has 1 fully saturated rings. The van der Waals surface area contributed by atoms with Gasteiger partial charge in [-0.15, -0.1) is 0 Å². The Bertz CT molecular complexity index is 714. The van der Waals surface area contributed by atoms with E-state index in [0.29, 0.717) is 49.3 Å². The average molecular weight is 382 g/mol. The van der Waals surface area contributed by atoms with Gasteiger partial charge in [0.15, 0.2) is 5.16 Å². The monoisotopic (exact) mass is 381 g/mol. The summed E-state index contributed by atoms with van der Waals surface area (Å²) in [6, 6.07) is 7.59. The summed E-state index contributed by atoms with van der Waals surface area (Å²) in [5, 5.41) is 10.8. The molecule has 1 N–H and O–H groups in total. The number of aliphatic hydroxyl groups is 1. The Morgan fingerprint density at radius 2 is 2.00 bits per heavy atom. The number of ether oxygens (including phenoxy) is 1. The number of carbonyl (C=O) groups is 1. The molecule has 25 heavy (non-hydrogen) atoms. The Balaban J connectivity index is 1.66. The van der Waals surface area contributed by atoms with E-state index in [2.05, 4.69) is 4.98 Å². The van der Waals surface area contributed by atoms with Gasteiger partial charge in [0.25, 0.3) is 0 Å². The molecule has 0 atom stereocenters. The quantitative estimate of drug-likeness (QED) is 0.775. The van der Waals surface area contributed by atoms with Gasteiger partial charge in [0.1, 0.15) is 0 Å². The molecule has 0 radical (unpaired) electrons. The van der Waals surface area contributed by atoms with Gasteiger partial charge >= 0.3 is 0 Å². The fourth-order valence-corrected chi connectivity index (χ4v) is 3.60. The Hall–Kier alpha value is -1.54. The maximum absolute atomic E-state index is 12.3. The standard InChI is InChI=1S/C17H20ClN3O3S/c18-14-3-1-13(2-4-14)9-21-10-15(11-22)19-17(21)25-12-16(23)20-5-7-24-8-6-20/h1-4,10,22H,5-9,11-12H2. The van der Waals surface area contributed by atoms with E-state index in [0.717, 1.165) is 10.7 Å². The fraction of sp³-hybridized carbons (Fsp3) is 0.412. The minimum atomic E-state index is -0.126. The molecule has 1 saturated heterocycles. The highest BCUT2D eigenvalue weighted by molar-refractivity contribution is 7.99. The number of benzene rings is 1. The van der Waals surface area contributed by atoms with Crippen molar-refractivity contribution in [1.29, 1.82) is 0 Å². The van der Waals surface area contributed by atoms with Crippen molar-refractivity contribution in [2.24, 2.45) is 0 Å². The zero-order valence-corrected chi connectivity index (χ0v) is 15.3. The Morgan fingerprint density at radius 1 is 1.28 bits per heavy atom. The van der Waals surface area contributed by atoms with Crippen molar-refractivity contribution in [3.8, 4) is 0 Å². The van der Waals surface area contributed by atoms with Crippen LogP contribution in [0.5, 0.6) is 0 Å². The highest BCUT2D eigenvalue weighted by Crippen LogP contribution is 2.21. The number of hydrogen-bond acceptors (Lipinski definition) is 5. The lowest BCUT2D eigenvalue weighted by atomic mass is 10.2. The van der Waals surface area contributed by atoms with Crippen LogP contribution in [-0.2, 0) is 22.7 Å². The molecule has 1 amide bonds. The Morgan fingerprint density at radius 3 is 2.68 bits per heavy atom. The number of hydrogen-bond donors (Lipinski definition) is 1. The number of morpholine rings is 1. The maximum Gasteiger partial charge on any atom is 0.233 e. The zero-order chi connectivity index (χ0) is 17.6. The minimum Gasteiger partial charge on any atom is -0.390 e. The highest BCUT2D eigenvalue weighted by Gasteiger charge is 2.18. The van der Waals surface area contributed by atoms with Crippen LogP contribution in [0.25, 0.3) is 0 Å². The van der Waals surface area contributed by atoms with Crippen molar-refractivity contribution in [3.05, 3.63) is 46.7 Å². The summed E-state index contributed by atoms with van der Waals surface area (Å²) in [5.74, 6) is 0.405. The predicted octanol–water partition coefficient (Wildman–Crippen LogP) is 2.03. The average Bonchev–Trinajstić information content (AvgIpc) is 3.04. The van der Waals surface area contributed by atoms with E-state index in [-0.39, 0.29) is 12.5 Å². The van der Waals surface area contributed by atoms with Gasteiger partial charge in [-0.1, -0.05) is 35.5 Å². The summed E-state index contributed by atoms with van der Waals surface area (Å²) < 4.78 is 7.22. The molecular formula is C17H20ClN3O3S. The summed E-state index contributed by atoms with van der Waals surface area (Å²) in [6.45, 7) is 2.95. The van der Waals surface area contributed by atoms with Crippen LogP contribution < -0.4 is 0 Å². The second kappa shape index (κ2) is 8.71. The van der Waals surface area contributed by atoms with Gasteiger partial charge in [-0.25, -0.2) is 4.98 Å². The molecule has 0 spiro atoms. The SMILES string of the molecule is O=C(CSc1nc(CO)cn1Cc1ccc(Cl)cc1)N1CCOCC1. The fourth-order valence-electron chi connectivity index (χ4n) is 2.57. The molecule has 1 aromatic heterocycles. The topological polar surface area (TPSA) is 67.6 Å². The van der Waals surface area contributed by atoms with Gasteiger partial charge in [0.05, 0.1) is 31.3 Å². The van der Waals surface area contributed by atoms with Gasteiger partial charge in [-0.05, 0) is 17.7 Å². The summed E-state index contributed by atoms with van der Waals surface area (Å²) in [4.78, 5) is 18.5. The predicted molar refractivity (Wildman–Crippen MR) is 96.8 cm³/mol. The van der Waals surface area contributed by atoms with Crippen molar-refractivity contribution in [1.82, 2.24) is 14.5 Å². The molecule has 0 unspecified atom stereocenters. The third-order valence-electron chi connectivity index (χ3n) is 3.91. The highest BCUT2D eigenvalue weighted by atomic mass is 35.5. The number of aliphatic hydroxyl groups excluding tert-OH is 1. The molecule has 0 aliphatic carbocycles. The number of imidazole rings is 1. The van der Waals surface area contributed by atoms with E-state index >= 15 is 0 Å². The first-order valence-electron chi connectivity index (χ1n) is 8.05. The van der Waals surface area contributed by atoms with Crippen molar-refractivity contribution in [3.63, 3.8) is 0 Å². The zero-order valence-electron chi connectivity index (χ0n) is 13.7. The van der Waals surface area contributed by atoms with Crippen LogP contribution in [0.1, 0.15) is 11.3 Å². The lowest BCUT2D eigenvalue weighted by Crippen LogP contribution is -2.41. The van der Waals surface area contributed by atoms with Crippen LogP contribution in [-0.4, -0.2) is 57.5 Å². The second-order valence-electron chi connectivity index (χ2n) is 5.71. The number of rotatable bonds is 6. The van der Waals surface area contributed by atoms with Crippen molar-refractivity contribution < 1.29 is 14.6 Å². The third-order valence-corrected chi connectivity index (χ3v) is 5.13. The van der Waals surface area contributed by atoms with E-state index in [1.165, 1.54) is 11.8 Å². The largest absolute Gasteiger partial charge is 0.390 e. The van der Waals surface area contributed by atoms with Crippen LogP contribution in [0.3, 0.4) is 0 Å². The lowest BCUT2D eigenvalue weighted by Gasteiger charge is -2.26. The van der Waals surface area contributed by atoms with Crippen molar-refractivity contribution in [2.75, 3.05) is 32.1 Å². The molecule has 3 rings (SSSR count). The van der Waals surface area contributed by atoms with Gasteiger partial charge in [0.2, 0.25) is 5.91 Å². The Kier molecular flexibility index (Phi) is 6.36. The summed E-state index contributed by atoms with van der Waals surface area (Å²) in [7, 11) is 0. The minimum absolute atomic E-state index is 0.0832. The van der Waals surface area contributed by atoms with Gasteiger partial charge < -0.3 is 19.3 Å². The second-order valence-corrected chi connectivity index (χ2v) is 7.09. The van der Waals surface area contributed by atoms with Crippen LogP contribution in [0.4, 0.5) is 0 Å². The van der Waals surface area contributed by atoms with Crippen LogP contribution in [0.2, 0.25) is 5.02 Å². The maximum atomic E-state index is 12.3. The molecule has 2 aromatic rings. The third kappa shape index (κ3) is 4.98. The molecule has 6 nitrogen and oxygen atoms in total. The molecule has 2 heterocycles. The first-order valence-corrected chi connectivity index (χ1v) is 9.42. The molecule has 8 heteroatoms. The van der Waals surface area contributed by atoms with Crippen LogP contribution in [0, 0.1) is 0 Å². The number of thioether (sulfide) groups is 1. The van der Waals surface area contributed by atoms with Crippen LogP contribution in [0.15, 0.2) is 35.6 Å². The summed E-state index contributed by atoms with van der Waals surface area (Å²) in [6.07, 6.45) is 1.82. The normalized spacial score (nSPS) is 14.7. The molecule has 0 bridgehead atoms. The van der Waals surface area contributed by atoms with Gasteiger partial charge in [-0.3, -0.25) is 4.79 Å². The number of nitrogens with zero attached hydrogens (tertiary/aromatic N) is 3. The van der Waals surface area contributed by atoms with E-state index in [9.17, 15) is 9.90 Å². The lowest BCUT2D eigenvalue weighted by molar-refractivity contribution is -0.132. The van der Waals surface area contributed by atoms with Crippen LogP contribution >= 0.6 is 23.4 Å². The molecular weight excluding hydrogens is 362 g/mol. The van der Waals surface area contributed by atoms with E-state index < -0.39 is 0 Å². The number of aromatic nitrogens is 2. The molecule has 134 valence electrons. The van der Waals surface area contributed by atoms with Gasteiger partial charge in [0, 0.05) is 30.9 Å². The van der Waals surface area contributed by atoms with E-state index in [1.807, 2.05) is 39.9 Å². The Labute approximate surface area is 155 Å². The molecule has 1 aromatic carbocycles. The number of halogens is 1. The first kappa shape index (κ1) is 18.3. The van der Waals surface area contributed by atoms with Crippen molar-refractivity contribution >= 4 is 29.3 Å². The smallest absolute Gasteiger partial charge is 0.233 e. The summed E-state index contributed by atoms with van der Waals surface area (Å²) >= 11 is 7.31. The first-order chi connectivity index (χ1) is 12.2. The van der Waals surface area contributed by atoms with Gasteiger partial charge in [-0.2, -0.15) is 0 Å². The molecule has 1 aliphatic heterocycles. The number of carbonyl (C=O) groups excluding carboxylic acids is 1. The molecule has 1 aliphatic rings.